The molecular formula is C23H29N5O2. The van der Waals surface area contributed by atoms with Gasteiger partial charge in [-0.1, -0.05) is 35.5 Å². The zero-order valence-corrected chi connectivity index (χ0v) is 17.8. The van der Waals surface area contributed by atoms with Crippen LogP contribution in [0.2, 0.25) is 0 Å². The molecule has 3 rings (SSSR count). The third kappa shape index (κ3) is 6.62. The lowest BCUT2D eigenvalue weighted by molar-refractivity contribution is 0.372. The van der Waals surface area contributed by atoms with Crippen LogP contribution < -0.4 is 15.4 Å². The third-order valence-corrected chi connectivity index (χ3v) is 4.37. The van der Waals surface area contributed by atoms with Gasteiger partial charge in [0.15, 0.2) is 11.8 Å². The Bertz CT molecular complexity index is 953. The smallest absolute Gasteiger partial charge is 0.226 e. The molecule has 0 unspecified atom stereocenters. The number of aliphatic imine (C=N–C) groups is 1. The molecule has 3 aromatic rings. The topological polar surface area (TPSA) is 84.6 Å². The Morgan fingerprint density at radius 3 is 2.67 bits per heavy atom. The molecule has 0 aliphatic rings. The van der Waals surface area contributed by atoms with Crippen molar-refractivity contribution in [2.24, 2.45) is 4.99 Å². The van der Waals surface area contributed by atoms with E-state index < -0.39 is 0 Å². The van der Waals surface area contributed by atoms with Gasteiger partial charge >= 0.3 is 0 Å². The van der Waals surface area contributed by atoms with Crippen LogP contribution in [0.5, 0.6) is 11.5 Å². The molecule has 1 heterocycles. The van der Waals surface area contributed by atoms with E-state index in [0.29, 0.717) is 18.3 Å². The number of hydrogen-bond donors (Lipinski definition) is 2. The molecule has 30 heavy (non-hydrogen) atoms. The number of nitrogens with zero attached hydrogens (tertiary/aromatic N) is 3. The molecule has 0 amide bonds. The van der Waals surface area contributed by atoms with Gasteiger partial charge in [-0.15, -0.1) is 0 Å². The van der Waals surface area contributed by atoms with Crippen LogP contribution >= 0.6 is 0 Å². The number of nitrogens with one attached hydrogen (secondary N) is 2. The predicted octanol–water partition coefficient (Wildman–Crippen LogP) is 4.17. The second-order valence-corrected chi connectivity index (χ2v) is 6.99. The quantitative estimate of drug-likeness (QED) is 0.315. The monoisotopic (exact) mass is 407 g/mol. The molecule has 2 aromatic carbocycles. The van der Waals surface area contributed by atoms with Gasteiger partial charge in [-0.3, -0.25) is 0 Å². The average Bonchev–Trinajstić information content (AvgIpc) is 3.16. The summed E-state index contributed by atoms with van der Waals surface area (Å²) in [5.74, 6) is 3.74. The van der Waals surface area contributed by atoms with Crippen molar-refractivity contribution in [3.8, 4) is 11.5 Å². The zero-order chi connectivity index (χ0) is 21.2. The van der Waals surface area contributed by atoms with Gasteiger partial charge in [0.2, 0.25) is 5.89 Å². The maximum Gasteiger partial charge on any atom is 0.226 e. The van der Waals surface area contributed by atoms with E-state index in [4.69, 9.17) is 14.3 Å². The van der Waals surface area contributed by atoms with Crippen LogP contribution in [-0.4, -0.2) is 29.2 Å². The fourth-order valence-corrected chi connectivity index (χ4v) is 2.90. The second kappa shape index (κ2) is 11.0. The average molecular weight is 408 g/mol. The summed E-state index contributed by atoms with van der Waals surface area (Å²) in [5.41, 5.74) is 2.18. The lowest BCUT2D eigenvalue weighted by atomic mass is 10.1. The highest BCUT2D eigenvalue weighted by Crippen LogP contribution is 2.27. The Kier molecular flexibility index (Phi) is 7.83. The Morgan fingerprint density at radius 2 is 1.93 bits per heavy atom. The van der Waals surface area contributed by atoms with E-state index in [-0.39, 0.29) is 0 Å². The Hall–Kier alpha value is -3.35. The summed E-state index contributed by atoms with van der Waals surface area (Å²) in [6, 6.07) is 16.0. The highest BCUT2D eigenvalue weighted by molar-refractivity contribution is 5.79. The third-order valence-electron chi connectivity index (χ3n) is 4.37. The van der Waals surface area contributed by atoms with Gasteiger partial charge in [0.05, 0.1) is 6.54 Å². The first-order chi connectivity index (χ1) is 14.6. The van der Waals surface area contributed by atoms with Crippen molar-refractivity contribution in [2.75, 3.05) is 13.1 Å². The van der Waals surface area contributed by atoms with Crippen LogP contribution in [0.4, 0.5) is 0 Å². The van der Waals surface area contributed by atoms with Crippen molar-refractivity contribution in [1.29, 1.82) is 0 Å². The van der Waals surface area contributed by atoms with Crippen molar-refractivity contribution >= 4 is 5.96 Å². The molecule has 0 aliphatic carbocycles. The summed E-state index contributed by atoms with van der Waals surface area (Å²) in [4.78, 5) is 8.95. The lowest BCUT2D eigenvalue weighted by Gasteiger charge is -2.13. The van der Waals surface area contributed by atoms with E-state index in [0.717, 1.165) is 54.5 Å². The summed E-state index contributed by atoms with van der Waals surface area (Å²) >= 11 is 0. The Balaban J connectivity index is 1.60. The highest BCUT2D eigenvalue weighted by Gasteiger charge is 2.07. The van der Waals surface area contributed by atoms with Gasteiger partial charge in [0.1, 0.15) is 11.5 Å². The molecule has 1 aromatic heterocycles. The molecule has 0 aliphatic heterocycles. The number of rotatable bonds is 9. The Labute approximate surface area is 177 Å². The van der Waals surface area contributed by atoms with Crippen LogP contribution in [0.1, 0.15) is 36.2 Å². The van der Waals surface area contributed by atoms with Crippen molar-refractivity contribution < 1.29 is 9.26 Å². The first kappa shape index (κ1) is 21.4. The summed E-state index contributed by atoms with van der Waals surface area (Å²) in [7, 11) is 0. The van der Waals surface area contributed by atoms with Crippen molar-refractivity contribution in [2.45, 2.75) is 40.2 Å². The molecule has 158 valence electrons. The van der Waals surface area contributed by atoms with E-state index in [1.54, 1.807) is 0 Å². The normalized spacial score (nSPS) is 11.4. The maximum atomic E-state index is 6.10. The maximum absolute atomic E-state index is 6.10. The van der Waals surface area contributed by atoms with Crippen LogP contribution in [0.25, 0.3) is 0 Å². The fraction of sp³-hybridized carbons (Fsp3) is 0.348. The molecule has 0 saturated heterocycles. The number of para-hydroxylation sites is 1. The lowest BCUT2D eigenvalue weighted by Crippen LogP contribution is -2.37. The summed E-state index contributed by atoms with van der Waals surface area (Å²) < 4.78 is 11.2. The molecule has 0 bridgehead atoms. The summed E-state index contributed by atoms with van der Waals surface area (Å²) in [6.07, 6.45) is 1.61. The molecule has 0 saturated carbocycles. The van der Waals surface area contributed by atoms with Gasteiger partial charge in [0.25, 0.3) is 0 Å². The molecule has 2 N–H and O–H groups in total. The van der Waals surface area contributed by atoms with Crippen LogP contribution in [0.3, 0.4) is 0 Å². The standard InChI is InChI=1S/C23H29N5O2/c1-4-24-23(25-14-8-11-22-27-18(3)28-30-22)26-16-19-13-12-17(2)15-21(19)29-20-9-6-5-7-10-20/h5-7,9-10,12-13,15H,4,8,11,14,16H2,1-3H3,(H2,24,25,26). The van der Waals surface area contributed by atoms with Crippen molar-refractivity contribution in [1.82, 2.24) is 20.8 Å². The Morgan fingerprint density at radius 1 is 1.10 bits per heavy atom. The second-order valence-electron chi connectivity index (χ2n) is 6.99. The molecule has 0 atom stereocenters. The van der Waals surface area contributed by atoms with Crippen LogP contribution in [0.15, 0.2) is 58.0 Å². The van der Waals surface area contributed by atoms with Gasteiger partial charge in [-0.2, -0.15) is 4.98 Å². The number of aromatic nitrogens is 2. The number of ether oxygens (including phenoxy) is 1. The molecule has 0 radical (unpaired) electrons. The van der Waals surface area contributed by atoms with Gasteiger partial charge in [-0.25, -0.2) is 4.99 Å². The highest BCUT2D eigenvalue weighted by atomic mass is 16.5. The minimum absolute atomic E-state index is 0.515. The first-order valence-corrected chi connectivity index (χ1v) is 10.3. The van der Waals surface area contributed by atoms with E-state index >= 15 is 0 Å². The van der Waals surface area contributed by atoms with E-state index in [9.17, 15) is 0 Å². The molecule has 0 fully saturated rings. The van der Waals surface area contributed by atoms with E-state index in [1.807, 2.05) is 50.2 Å². The largest absolute Gasteiger partial charge is 0.457 e. The summed E-state index contributed by atoms with van der Waals surface area (Å²) in [5, 5.41) is 10.5. The number of hydrogen-bond acceptors (Lipinski definition) is 5. The zero-order valence-electron chi connectivity index (χ0n) is 17.8. The predicted molar refractivity (Wildman–Crippen MR) is 118 cm³/mol. The number of guanidine groups is 1. The van der Waals surface area contributed by atoms with Crippen LogP contribution in [0, 0.1) is 13.8 Å². The molecule has 7 heteroatoms. The SMILES string of the molecule is CCNC(=NCc1ccc(C)cc1Oc1ccccc1)NCCCc1nc(C)no1. The van der Waals surface area contributed by atoms with E-state index in [2.05, 4.69) is 39.8 Å². The van der Waals surface area contributed by atoms with Crippen molar-refractivity contribution in [3.05, 3.63) is 71.4 Å². The van der Waals surface area contributed by atoms with Gasteiger partial charge < -0.3 is 19.9 Å². The molecule has 0 spiro atoms. The number of benzene rings is 2. The van der Waals surface area contributed by atoms with Crippen LogP contribution in [-0.2, 0) is 13.0 Å². The number of aryl methyl sites for hydroxylation is 3. The minimum Gasteiger partial charge on any atom is -0.457 e. The minimum atomic E-state index is 0.515. The van der Waals surface area contributed by atoms with E-state index in [1.165, 1.54) is 0 Å². The fourth-order valence-electron chi connectivity index (χ4n) is 2.90. The van der Waals surface area contributed by atoms with Gasteiger partial charge in [-0.05, 0) is 51.0 Å². The summed E-state index contributed by atoms with van der Waals surface area (Å²) in [6.45, 7) is 7.99. The van der Waals surface area contributed by atoms with Gasteiger partial charge in [0, 0.05) is 25.1 Å². The molecule has 7 nitrogen and oxygen atoms in total. The van der Waals surface area contributed by atoms with Crippen molar-refractivity contribution in [3.63, 3.8) is 0 Å². The first-order valence-electron chi connectivity index (χ1n) is 10.3. The molecular weight excluding hydrogens is 378 g/mol.